The van der Waals surface area contributed by atoms with Crippen molar-refractivity contribution in [2.75, 3.05) is 0 Å². The van der Waals surface area contributed by atoms with Crippen LogP contribution in [-0.2, 0) is 45.9 Å². The number of hydrogen-bond donors (Lipinski definition) is 0. The maximum absolute atomic E-state index is 2.99. The monoisotopic (exact) mass is 800 g/mol. The van der Waals surface area contributed by atoms with Crippen molar-refractivity contribution in [1.29, 1.82) is 0 Å². The van der Waals surface area contributed by atoms with E-state index >= 15 is 0 Å². The van der Waals surface area contributed by atoms with Crippen LogP contribution < -0.4 is 24.8 Å². The van der Waals surface area contributed by atoms with Gasteiger partial charge in [-0.25, -0.2) is 12.2 Å². The number of hydrogen-bond acceptors (Lipinski definition) is 0. The molecule has 0 saturated carbocycles. The van der Waals surface area contributed by atoms with Crippen LogP contribution in [0.5, 0.6) is 0 Å². The molecule has 0 saturated heterocycles. The maximum atomic E-state index is 2.99. The minimum Gasteiger partial charge on any atom is -1.00 e. The van der Waals surface area contributed by atoms with Gasteiger partial charge in [-0.3, -0.25) is 6.08 Å². The van der Waals surface area contributed by atoms with Gasteiger partial charge in [0.2, 0.25) is 0 Å². The summed E-state index contributed by atoms with van der Waals surface area (Å²) in [5.74, 6) is 0. The van der Waals surface area contributed by atoms with Gasteiger partial charge in [0.1, 0.15) is 0 Å². The molecular weight excluding hydrogens is 751 g/mol. The number of benzene rings is 4. The summed E-state index contributed by atoms with van der Waals surface area (Å²) < 4.78 is 1.42. The third-order valence-electron chi connectivity index (χ3n) is 10.5. The van der Waals surface area contributed by atoms with Crippen molar-refractivity contribution in [3.63, 3.8) is 0 Å². The molecule has 52 heavy (non-hydrogen) atoms. The first-order valence-corrected chi connectivity index (χ1v) is 19.3. The number of allylic oxidation sites excluding steroid dienone is 6. The Hall–Kier alpha value is -2.96. The van der Waals surface area contributed by atoms with Gasteiger partial charge in [0, 0.05) is 10.8 Å². The van der Waals surface area contributed by atoms with Gasteiger partial charge in [-0.05, 0) is 11.1 Å². The third-order valence-corrected chi connectivity index (χ3v) is 11.9. The Morgan fingerprint density at radius 3 is 1.35 bits per heavy atom. The SMILES string of the molecule is CC(C)(C)c1ccc([C](=[Zr+2])c2ccc(C(C)(C)C)cc2)cc1.CC1(C)C=Cc2cc3c(cc21)[cH-]c1cc2c(cc13)C=CC2(C)C.[C-]1=CC=CC1.[Cl-].[Cl-]. The summed E-state index contributed by atoms with van der Waals surface area (Å²) in [6.07, 6.45) is 19.2. The first-order valence-electron chi connectivity index (χ1n) is 18.1. The van der Waals surface area contributed by atoms with Crippen molar-refractivity contribution in [3.8, 4) is 0 Å². The van der Waals surface area contributed by atoms with E-state index < -0.39 is 0 Å². The summed E-state index contributed by atoms with van der Waals surface area (Å²) in [6.45, 7) is 22.7. The van der Waals surface area contributed by atoms with Crippen molar-refractivity contribution in [1.82, 2.24) is 0 Å². The molecule has 3 aliphatic carbocycles. The molecule has 0 atom stereocenters. The molecule has 0 bridgehead atoms. The van der Waals surface area contributed by atoms with Crippen molar-refractivity contribution in [2.45, 2.75) is 97.3 Å². The molecule has 5 aromatic carbocycles. The van der Waals surface area contributed by atoms with Crippen molar-refractivity contribution in [3.05, 3.63) is 160 Å². The fourth-order valence-corrected chi connectivity index (χ4v) is 7.91. The van der Waals surface area contributed by atoms with Crippen LogP contribution in [0.1, 0.15) is 120 Å². The smallest absolute Gasteiger partial charge is 0.00151 e. The van der Waals surface area contributed by atoms with Crippen molar-refractivity contribution >= 4 is 36.9 Å². The molecule has 268 valence electrons. The van der Waals surface area contributed by atoms with Gasteiger partial charge in [0.05, 0.1) is 0 Å². The molecule has 0 heterocycles. The molecule has 0 N–H and O–H groups in total. The Kier molecular flexibility index (Phi) is 12.7. The van der Waals surface area contributed by atoms with Gasteiger partial charge in [0.25, 0.3) is 0 Å². The summed E-state index contributed by atoms with van der Waals surface area (Å²) in [5, 5.41) is 5.53. The van der Waals surface area contributed by atoms with E-state index in [-0.39, 0.29) is 46.5 Å². The third kappa shape index (κ3) is 8.87. The van der Waals surface area contributed by atoms with Crippen LogP contribution in [0.3, 0.4) is 0 Å². The minimum atomic E-state index is 0. The standard InChI is InChI=1S/C23H21.C21H26.C5H5.2ClH.Zr/c1-22(2)7-5-14-10-18-16(12-20(14)22)9-17-13-21-15(11-19(17)18)6-8-23(21,3)4;1-20(2,3)18-11-7-16(8-12-18)15-17-9-13-19(14-10-17)21(4,5)6;1-2-4-5-3-1;;;/h5-13H,1-4H3;7-14H,1-6H3;1-3H,4H2;2*1H;/q-1;;-1;;;+2/p-2. The molecule has 5 aromatic rings. The van der Waals surface area contributed by atoms with E-state index in [1.807, 2.05) is 12.2 Å². The summed E-state index contributed by atoms with van der Waals surface area (Å²) in [5.41, 5.74) is 11.9. The first-order chi connectivity index (χ1) is 23.4. The molecule has 0 amide bonds. The van der Waals surface area contributed by atoms with E-state index in [1.165, 1.54) is 93.5 Å². The molecule has 0 unspecified atom stereocenters. The quantitative estimate of drug-likeness (QED) is 0.168. The van der Waals surface area contributed by atoms with E-state index in [9.17, 15) is 0 Å². The van der Waals surface area contributed by atoms with E-state index in [2.05, 4.69) is 185 Å². The molecule has 0 fully saturated rings. The average Bonchev–Trinajstić information content (AvgIpc) is 3.87. The number of fused-ring (bicyclic) bond motifs is 5. The zero-order valence-electron chi connectivity index (χ0n) is 32.5. The Bertz CT molecular complexity index is 2030. The fraction of sp³-hybridized carbons (Fsp3) is 0.306. The zero-order chi connectivity index (χ0) is 36.1. The average molecular weight is 803 g/mol. The molecule has 0 spiro atoms. The molecule has 0 nitrogen and oxygen atoms in total. The molecule has 0 radical (unpaired) electrons. The zero-order valence-corrected chi connectivity index (χ0v) is 36.5. The molecule has 3 heteroatoms. The summed E-state index contributed by atoms with van der Waals surface area (Å²) in [4.78, 5) is 0. The van der Waals surface area contributed by atoms with Gasteiger partial charge in [0.15, 0.2) is 0 Å². The van der Waals surface area contributed by atoms with E-state index in [0.29, 0.717) is 0 Å². The summed E-state index contributed by atoms with van der Waals surface area (Å²) in [7, 11) is 0. The second-order valence-corrected chi connectivity index (χ2v) is 18.6. The molecule has 0 aromatic heterocycles. The van der Waals surface area contributed by atoms with Crippen LogP contribution in [-0.4, -0.2) is 3.21 Å². The van der Waals surface area contributed by atoms with E-state index in [0.717, 1.165) is 6.42 Å². The predicted octanol–water partition coefficient (Wildman–Crippen LogP) is 7.03. The predicted molar refractivity (Wildman–Crippen MR) is 216 cm³/mol. The maximum Gasteiger partial charge on any atom is 0.00151 e. The largest absolute Gasteiger partial charge is 1.00 e. The van der Waals surface area contributed by atoms with Crippen LogP contribution in [0, 0.1) is 6.08 Å². The molecular formula is C49H52Cl2Zr-2. The van der Waals surface area contributed by atoms with Crippen LogP contribution >= 0.6 is 0 Å². The van der Waals surface area contributed by atoms with Gasteiger partial charge in [-0.15, -0.1) is 46.2 Å². The van der Waals surface area contributed by atoms with Crippen molar-refractivity contribution < 1.29 is 49.0 Å². The molecule has 3 aliphatic rings. The topological polar surface area (TPSA) is 0 Å². The van der Waals surface area contributed by atoms with Gasteiger partial charge in [-0.1, -0.05) is 75.3 Å². The van der Waals surface area contributed by atoms with Crippen LogP contribution in [0.4, 0.5) is 0 Å². The Labute approximate surface area is 340 Å². The number of rotatable bonds is 2. The minimum absolute atomic E-state index is 0. The Balaban J connectivity index is 0.000000198. The summed E-state index contributed by atoms with van der Waals surface area (Å²) in [6, 6.07) is 30.1. The van der Waals surface area contributed by atoms with E-state index in [1.54, 1.807) is 0 Å². The van der Waals surface area contributed by atoms with Crippen LogP contribution in [0.25, 0.3) is 33.7 Å². The molecule has 0 aliphatic heterocycles. The second kappa shape index (κ2) is 15.8. The van der Waals surface area contributed by atoms with Crippen LogP contribution in [0.15, 0.2) is 109 Å². The van der Waals surface area contributed by atoms with E-state index in [4.69, 9.17) is 0 Å². The Morgan fingerprint density at radius 1 is 0.635 bits per heavy atom. The van der Waals surface area contributed by atoms with Gasteiger partial charge >= 0.3 is 151 Å². The van der Waals surface area contributed by atoms with Gasteiger partial charge < -0.3 is 24.8 Å². The van der Waals surface area contributed by atoms with Gasteiger partial charge in [-0.2, -0.15) is 6.08 Å². The fourth-order valence-electron chi connectivity index (χ4n) is 7.09. The molecule has 8 rings (SSSR count). The second-order valence-electron chi connectivity index (χ2n) is 17.3. The first kappa shape index (κ1) is 41.8. The Morgan fingerprint density at radius 2 is 1.04 bits per heavy atom. The van der Waals surface area contributed by atoms with Crippen molar-refractivity contribution in [2.24, 2.45) is 0 Å². The van der Waals surface area contributed by atoms with Crippen LogP contribution in [0.2, 0.25) is 0 Å². The normalized spacial score (nSPS) is 15.6. The summed E-state index contributed by atoms with van der Waals surface area (Å²) >= 11 is 1.46. The number of halogens is 2.